The van der Waals surface area contributed by atoms with E-state index >= 15 is 0 Å². The first kappa shape index (κ1) is 20.9. The zero-order valence-corrected chi connectivity index (χ0v) is 17.6. The summed E-state index contributed by atoms with van der Waals surface area (Å²) in [7, 11) is 0. The fraction of sp³-hybridized carbons (Fsp3) is 0.522. The first-order valence-corrected chi connectivity index (χ1v) is 10.6. The SMILES string of the molecule is Cc1nn(CCC#N)c(C)c1CCC(=O)Nc1ccccc1N1CCCCCC1. The van der Waals surface area contributed by atoms with Gasteiger partial charge in [0.25, 0.3) is 0 Å². The van der Waals surface area contributed by atoms with Gasteiger partial charge in [-0.15, -0.1) is 0 Å². The fourth-order valence-corrected chi connectivity index (χ4v) is 4.09. The lowest BCUT2D eigenvalue weighted by Crippen LogP contribution is -2.25. The lowest BCUT2D eigenvalue weighted by Gasteiger charge is -2.25. The number of nitrogens with one attached hydrogen (secondary N) is 1. The van der Waals surface area contributed by atoms with Crippen molar-refractivity contribution in [2.24, 2.45) is 0 Å². The number of carbonyl (C=O) groups is 1. The number of benzene rings is 1. The molecule has 6 heteroatoms. The summed E-state index contributed by atoms with van der Waals surface area (Å²) < 4.78 is 1.88. The van der Waals surface area contributed by atoms with Crippen LogP contribution in [0.1, 0.15) is 55.5 Å². The second kappa shape index (κ2) is 10.1. The van der Waals surface area contributed by atoms with E-state index in [4.69, 9.17) is 5.26 Å². The second-order valence-electron chi connectivity index (χ2n) is 7.75. The van der Waals surface area contributed by atoms with Crippen LogP contribution in [-0.2, 0) is 17.8 Å². The van der Waals surface area contributed by atoms with Crippen LogP contribution in [0.2, 0.25) is 0 Å². The number of aromatic nitrogens is 2. The summed E-state index contributed by atoms with van der Waals surface area (Å²) in [5, 5.41) is 16.4. The Bertz CT molecular complexity index is 872. The molecule has 0 atom stereocenters. The molecule has 154 valence electrons. The predicted octanol–water partition coefficient (Wildman–Crippen LogP) is 4.37. The Morgan fingerprint density at radius 1 is 1.17 bits per heavy atom. The van der Waals surface area contributed by atoms with Gasteiger partial charge in [-0.2, -0.15) is 10.4 Å². The molecule has 0 radical (unpaired) electrons. The third kappa shape index (κ3) is 5.38. The zero-order valence-electron chi connectivity index (χ0n) is 17.6. The minimum atomic E-state index is 0.0239. The highest BCUT2D eigenvalue weighted by molar-refractivity contribution is 5.94. The maximum Gasteiger partial charge on any atom is 0.224 e. The molecule has 0 spiro atoms. The fourth-order valence-electron chi connectivity index (χ4n) is 4.09. The number of rotatable bonds is 7. The average molecular weight is 394 g/mol. The largest absolute Gasteiger partial charge is 0.370 e. The van der Waals surface area contributed by atoms with Gasteiger partial charge in [-0.1, -0.05) is 25.0 Å². The third-order valence-corrected chi connectivity index (χ3v) is 5.69. The van der Waals surface area contributed by atoms with E-state index < -0.39 is 0 Å². The summed E-state index contributed by atoms with van der Waals surface area (Å²) in [5.41, 5.74) is 5.13. The van der Waals surface area contributed by atoms with E-state index in [9.17, 15) is 4.79 Å². The lowest BCUT2D eigenvalue weighted by molar-refractivity contribution is -0.116. The Morgan fingerprint density at radius 2 is 1.90 bits per heavy atom. The van der Waals surface area contributed by atoms with Gasteiger partial charge in [0.05, 0.1) is 36.1 Å². The number of amides is 1. The molecule has 1 fully saturated rings. The molecule has 29 heavy (non-hydrogen) atoms. The maximum atomic E-state index is 12.7. The van der Waals surface area contributed by atoms with Crippen LogP contribution in [0.3, 0.4) is 0 Å². The first-order valence-electron chi connectivity index (χ1n) is 10.6. The van der Waals surface area contributed by atoms with E-state index in [2.05, 4.69) is 27.5 Å². The number of anilines is 2. The van der Waals surface area contributed by atoms with Crippen molar-refractivity contribution in [3.05, 3.63) is 41.2 Å². The molecule has 1 N–H and O–H groups in total. The zero-order chi connectivity index (χ0) is 20.6. The molecule has 0 unspecified atom stereocenters. The number of nitriles is 1. The van der Waals surface area contributed by atoms with Crippen molar-refractivity contribution in [2.45, 2.75) is 65.3 Å². The molecule has 1 aliphatic heterocycles. The van der Waals surface area contributed by atoms with Crippen LogP contribution in [0.25, 0.3) is 0 Å². The third-order valence-electron chi connectivity index (χ3n) is 5.69. The highest BCUT2D eigenvalue weighted by Crippen LogP contribution is 2.28. The number of hydrogen-bond acceptors (Lipinski definition) is 4. The molecule has 0 bridgehead atoms. The number of aryl methyl sites for hydroxylation is 2. The number of para-hydroxylation sites is 2. The molecule has 0 saturated carbocycles. The highest BCUT2D eigenvalue weighted by Gasteiger charge is 2.16. The molecule has 1 aromatic carbocycles. The topological polar surface area (TPSA) is 73.9 Å². The molecular weight excluding hydrogens is 362 g/mol. The van der Waals surface area contributed by atoms with Gasteiger partial charge in [-0.05, 0) is 50.8 Å². The van der Waals surface area contributed by atoms with Crippen molar-refractivity contribution in [3.63, 3.8) is 0 Å². The van der Waals surface area contributed by atoms with E-state index in [1.165, 1.54) is 25.7 Å². The average Bonchev–Trinajstić information content (AvgIpc) is 2.90. The Labute approximate surface area is 173 Å². The van der Waals surface area contributed by atoms with Gasteiger partial charge in [0, 0.05) is 25.2 Å². The van der Waals surface area contributed by atoms with Gasteiger partial charge in [0.1, 0.15) is 0 Å². The molecule has 0 aliphatic carbocycles. The Hall–Kier alpha value is -2.81. The van der Waals surface area contributed by atoms with E-state index in [0.29, 0.717) is 25.8 Å². The molecule has 2 aromatic rings. The van der Waals surface area contributed by atoms with Crippen molar-refractivity contribution in [1.82, 2.24) is 9.78 Å². The molecule has 1 saturated heterocycles. The summed E-state index contributed by atoms with van der Waals surface area (Å²) in [4.78, 5) is 15.1. The minimum Gasteiger partial charge on any atom is -0.370 e. The molecule has 1 amide bonds. The van der Waals surface area contributed by atoms with Crippen LogP contribution in [0.15, 0.2) is 24.3 Å². The first-order chi connectivity index (χ1) is 14.1. The second-order valence-corrected chi connectivity index (χ2v) is 7.75. The Morgan fingerprint density at radius 3 is 2.62 bits per heavy atom. The van der Waals surface area contributed by atoms with Crippen LogP contribution < -0.4 is 10.2 Å². The van der Waals surface area contributed by atoms with Crippen LogP contribution in [0.4, 0.5) is 11.4 Å². The van der Waals surface area contributed by atoms with E-state index in [0.717, 1.165) is 41.4 Å². The molecule has 1 aromatic heterocycles. The highest BCUT2D eigenvalue weighted by atomic mass is 16.1. The number of nitrogens with zero attached hydrogens (tertiary/aromatic N) is 4. The van der Waals surface area contributed by atoms with Gasteiger partial charge in [0.15, 0.2) is 0 Å². The van der Waals surface area contributed by atoms with Gasteiger partial charge in [-0.3, -0.25) is 9.48 Å². The van der Waals surface area contributed by atoms with Crippen LogP contribution in [0.5, 0.6) is 0 Å². The van der Waals surface area contributed by atoms with E-state index in [1.54, 1.807) is 0 Å². The lowest BCUT2D eigenvalue weighted by atomic mass is 10.1. The van der Waals surface area contributed by atoms with Crippen molar-refractivity contribution in [3.8, 4) is 6.07 Å². The number of hydrogen-bond donors (Lipinski definition) is 1. The summed E-state index contributed by atoms with van der Waals surface area (Å²) in [6.45, 7) is 6.68. The van der Waals surface area contributed by atoms with Crippen molar-refractivity contribution >= 4 is 17.3 Å². The Kier molecular flexibility index (Phi) is 7.29. The van der Waals surface area contributed by atoms with Crippen LogP contribution in [0, 0.1) is 25.2 Å². The van der Waals surface area contributed by atoms with Crippen LogP contribution >= 0.6 is 0 Å². The predicted molar refractivity (Wildman–Crippen MR) is 116 cm³/mol. The van der Waals surface area contributed by atoms with Gasteiger partial charge < -0.3 is 10.2 Å². The van der Waals surface area contributed by atoms with Gasteiger partial charge in [-0.25, -0.2) is 0 Å². The molecule has 1 aliphatic rings. The normalized spacial score (nSPS) is 14.3. The van der Waals surface area contributed by atoms with Crippen molar-refractivity contribution < 1.29 is 4.79 Å². The van der Waals surface area contributed by atoms with Gasteiger partial charge in [0.2, 0.25) is 5.91 Å². The summed E-state index contributed by atoms with van der Waals surface area (Å²) in [5.74, 6) is 0.0239. The van der Waals surface area contributed by atoms with Crippen molar-refractivity contribution in [2.75, 3.05) is 23.3 Å². The number of carbonyl (C=O) groups excluding carboxylic acids is 1. The van der Waals surface area contributed by atoms with E-state index in [1.807, 2.05) is 36.7 Å². The smallest absolute Gasteiger partial charge is 0.224 e. The van der Waals surface area contributed by atoms with Crippen LogP contribution in [-0.4, -0.2) is 28.8 Å². The molecular formula is C23H31N5O. The summed E-state index contributed by atoms with van der Waals surface area (Å²) in [6, 6.07) is 10.3. The Balaban J connectivity index is 1.63. The maximum absolute atomic E-state index is 12.7. The summed E-state index contributed by atoms with van der Waals surface area (Å²) >= 11 is 0. The molecule has 6 nitrogen and oxygen atoms in total. The van der Waals surface area contributed by atoms with E-state index in [-0.39, 0.29) is 5.91 Å². The minimum absolute atomic E-state index is 0.0239. The molecule has 3 rings (SSSR count). The summed E-state index contributed by atoms with van der Waals surface area (Å²) in [6.07, 6.45) is 6.49. The quantitative estimate of drug-likeness (QED) is 0.758. The van der Waals surface area contributed by atoms with Crippen molar-refractivity contribution in [1.29, 1.82) is 5.26 Å². The monoisotopic (exact) mass is 393 g/mol. The standard InChI is InChI=1S/C23H31N5O/c1-18-20(19(2)28(26-18)17-9-14-24)12-13-23(29)25-21-10-5-6-11-22(21)27-15-7-3-4-8-16-27/h5-6,10-11H,3-4,7-9,12-13,15-17H2,1-2H3,(H,25,29). The van der Waals surface area contributed by atoms with Gasteiger partial charge >= 0.3 is 0 Å². The molecule has 2 heterocycles.